The number of hydrogen-bond acceptors (Lipinski definition) is 6. The van der Waals surface area contributed by atoms with Gasteiger partial charge in [-0.3, -0.25) is 0 Å². The summed E-state index contributed by atoms with van der Waals surface area (Å²) >= 11 is 0. The fourth-order valence-electron chi connectivity index (χ4n) is 1.25. The molecule has 0 aliphatic carbocycles. The van der Waals surface area contributed by atoms with Crippen LogP contribution in [0.2, 0.25) is 0 Å². The second-order valence-electron chi connectivity index (χ2n) is 4.26. The molecule has 0 atom stereocenters. The molecule has 6 nitrogen and oxygen atoms in total. The van der Waals surface area contributed by atoms with E-state index in [-0.39, 0.29) is 5.95 Å². The van der Waals surface area contributed by atoms with Crippen LogP contribution >= 0.6 is 0 Å². The zero-order valence-electron chi connectivity index (χ0n) is 10.4. The van der Waals surface area contributed by atoms with Crippen molar-refractivity contribution in [1.82, 2.24) is 9.97 Å². The van der Waals surface area contributed by atoms with E-state index in [0.29, 0.717) is 30.7 Å². The summed E-state index contributed by atoms with van der Waals surface area (Å²) in [5.74, 6) is 1.83. The van der Waals surface area contributed by atoms with Gasteiger partial charge in [-0.25, -0.2) is 0 Å². The Labute approximate surface area is 102 Å². The third-order valence-electron chi connectivity index (χ3n) is 2.16. The lowest BCUT2D eigenvalue weighted by Crippen LogP contribution is -2.13. The summed E-state index contributed by atoms with van der Waals surface area (Å²) in [6.07, 6.45) is 1.08. The predicted molar refractivity (Wildman–Crippen MR) is 69.6 cm³/mol. The van der Waals surface area contributed by atoms with Crippen LogP contribution in [-0.4, -0.2) is 29.7 Å². The van der Waals surface area contributed by atoms with E-state index < -0.39 is 0 Å². The Kier molecular flexibility index (Phi) is 5.48. The first-order chi connectivity index (χ1) is 8.08. The minimum absolute atomic E-state index is 0.174. The summed E-state index contributed by atoms with van der Waals surface area (Å²) in [7, 11) is 0. The zero-order chi connectivity index (χ0) is 12.7. The molecule has 17 heavy (non-hydrogen) atoms. The third kappa shape index (κ3) is 5.91. The lowest BCUT2D eigenvalue weighted by Gasteiger charge is -2.08. The molecule has 0 bridgehead atoms. The number of rotatable bonds is 7. The van der Waals surface area contributed by atoms with E-state index in [9.17, 15) is 0 Å². The van der Waals surface area contributed by atoms with Crippen LogP contribution in [0.5, 0.6) is 0 Å². The largest absolute Gasteiger partial charge is 0.383 e. The average molecular weight is 239 g/mol. The van der Waals surface area contributed by atoms with E-state index in [2.05, 4.69) is 29.1 Å². The SMILES string of the molecule is CC(C)CCOCCNc1cc(N)nc(N)n1. The van der Waals surface area contributed by atoms with E-state index in [4.69, 9.17) is 16.2 Å². The van der Waals surface area contributed by atoms with Crippen molar-refractivity contribution >= 4 is 17.6 Å². The Morgan fingerprint density at radius 1 is 1.29 bits per heavy atom. The quantitative estimate of drug-likeness (QED) is 0.616. The minimum Gasteiger partial charge on any atom is -0.383 e. The van der Waals surface area contributed by atoms with Crippen LogP contribution in [0.25, 0.3) is 0 Å². The van der Waals surface area contributed by atoms with Gasteiger partial charge in [0.05, 0.1) is 6.61 Å². The molecular formula is C11H21N5O. The number of nitrogens with two attached hydrogens (primary N) is 2. The molecule has 96 valence electrons. The zero-order valence-corrected chi connectivity index (χ0v) is 10.4. The van der Waals surface area contributed by atoms with Gasteiger partial charge in [0.15, 0.2) is 0 Å². The van der Waals surface area contributed by atoms with Crippen molar-refractivity contribution < 1.29 is 4.74 Å². The maximum absolute atomic E-state index is 5.54. The average Bonchev–Trinajstić information content (AvgIpc) is 2.21. The number of nitrogens with zero attached hydrogens (tertiary/aromatic N) is 2. The lowest BCUT2D eigenvalue weighted by molar-refractivity contribution is 0.132. The highest BCUT2D eigenvalue weighted by atomic mass is 16.5. The second kappa shape index (κ2) is 6.90. The molecule has 1 heterocycles. The van der Waals surface area contributed by atoms with Gasteiger partial charge in [0.25, 0.3) is 0 Å². The molecule has 0 spiro atoms. The van der Waals surface area contributed by atoms with Gasteiger partial charge in [0.2, 0.25) is 5.95 Å². The first-order valence-corrected chi connectivity index (χ1v) is 5.79. The van der Waals surface area contributed by atoms with Gasteiger partial charge in [-0.15, -0.1) is 0 Å². The maximum Gasteiger partial charge on any atom is 0.223 e. The van der Waals surface area contributed by atoms with Crippen molar-refractivity contribution in [3.05, 3.63) is 6.07 Å². The van der Waals surface area contributed by atoms with Gasteiger partial charge in [-0.1, -0.05) is 13.8 Å². The van der Waals surface area contributed by atoms with Crippen molar-refractivity contribution in [2.24, 2.45) is 5.92 Å². The van der Waals surface area contributed by atoms with E-state index in [1.807, 2.05) is 0 Å². The van der Waals surface area contributed by atoms with Crippen LogP contribution in [-0.2, 0) is 4.74 Å². The monoisotopic (exact) mass is 239 g/mol. The van der Waals surface area contributed by atoms with Crippen LogP contribution in [0, 0.1) is 5.92 Å². The molecule has 0 aliphatic rings. The Morgan fingerprint density at radius 2 is 2.06 bits per heavy atom. The summed E-state index contributed by atoms with van der Waals surface area (Å²) in [5, 5.41) is 3.08. The van der Waals surface area contributed by atoms with Crippen LogP contribution in [0.15, 0.2) is 6.07 Å². The van der Waals surface area contributed by atoms with Gasteiger partial charge in [-0.05, 0) is 12.3 Å². The molecule has 1 aromatic rings. The summed E-state index contributed by atoms with van der Waals surface area (Å²) in [4.78, 5) is 7.78. The highest BCUT2D eigenvalue weighted by Crippen LogP contribution is 2.08. The number of nitrogen functional groups attached to an aromatic ring is 2. The summed E-state index contributed by atoms with van der Waals surface area (Å²) < 4.78 is 5.46. The lowest BCUT2D eigenvalue weighted by atomic mass is 10.1. The van der Waals surface area contributed by atoms with E-state index in [0.717, 1.165) is 13.0 Å². The maximum atomic E-state index is 5.54. The summed E-state index contributed by atoms with van der Waals surface area (Å²) in [5.41, 5.74) is 11.0. The molecule has 1 rings (SSSR count). The Morgan fingerprint density at radius 3 is 2.71 bits per heavy atom. The molecule has 0 aliphatic heterocycles. The number of ether oxygens (including phenoxy) is 1. The topological polar surface area (TPSA) is 99.1 Å². The van der Waals surface area contributed by atoms with Gasteiger partial charge in [-0.2, -0.15) is 9.97 Å². The smallest absolute Gasteiger partial charge is 0.223 e. The Balaban J connectivity index is 2.18. The highest BCUT2D eigenvalue weighted by Gasteiger charge is 1.99. The molecule has 0 saturated heterocycles. The third-order valence-corrected chi connectivity index (χ3v) is 2.16. The van der Waals surface area contributed by atoms with E-state index >= 15 is 0 Å². The van der Waals surface area contributed by atoms with Crippen LogP contribution in [0.4, 0.5) is 17.6 Å². The summed E-state index contributed by atoms with van der Waals surface area (Å²) in [6, 6.07) is 1.64. The first kappa shape index (κ1) is 13.5. The van der Waals surface area contributed by atoms with E-state index in [1.165, 1.54) is 0 Å². The van der Waals surface area contributed by atoms with E-state index in [1.54, 1.807) is 6.07 Å². The molecule has 1 aromatic heterocycles. The standard InChI is InChI=1S/C11H21N5O/c1-8(2)3-5-17-6-4-14-10-7-9(12)15-11(13)16-10/h7-8H,3-6H2,1-2H3,(H5,12,13,14,15,16). The van der Waals surface area contributed by atoms with Gasteiger partial charge in [0.1, 0.15) is 11.6 Å². The highest BCUT2D eigenvalue weighted by molar-refractivity contribution is 5.48. The fourth-order valence-corrected chi connectivity index (χ4v) is 1.25. The van der Waals surface area contributed by atoms with Crippen LogP contribution in [0.1, 0.15) is 20.3 Å². The van der Waals surface area contributed by atoms with Crippen molar-refractivity contribution in [3.63, 3.8) is 0 Å². The van der Waals surface area contributed by atoms with Crippen molar-refractivity contribution in [1.29, 1.82) is 0 Å². The van der Waals surface area contributed by atoms with Crippen molar-refractivity contribution in [2.75, 3.05) is 36.5 Å². The molecule has 6 heteroatoms. The minimum atomic E-state index is 0.174. The molecule has 0 aromatic carbocycles. The summed E-state index contributed by atoms with van der Waals surface area (Å²) in [6.45, 7) is 6.44. The van der Waals surface area contributed by atoms with Gasteiger partial charge < -0.3 is 21.5 Å². The van der Waals surface area contributed by atoms with Crippen molar-refractivity contribution in [3.8, 4) is 0 Å². The number of nitrogens with one attached hydrogen (secondary N) is 1. The second-order valence-corrected chi connectivity index (χ2v) is 4.26. The van der Waals surface area contributed by atoms with Crippen LogP contribution < -0.4 is 16.8 Å². The van der Waals surface area contributed by atoms with Crippen molar-refractivity contribution in [2.45, 2.75) is 20.3 Å². The number of anilines is 3. The van der Waals surface area contributed by atoms with Gasteiger partial charge in [0, 0.05) is 19.2 Å². The molecule has 0 unspecified atom stereocenters. The molecule has 0 amide bonds. The Hall–Kier alpha value is -1.56. The molecule has 5 N–H and O–H groups in total. The number of aromatic nitrogens is 2. The molecule has 0 radical (unpaired) electrons. The molecular weight excluding hydrogens is 218 g/mol. The molecule has 0 saturated carbocycles. The predicted octanol–water partition coefficient (Wildman–Crippen LogP) is 1.12. The fraction of sp³-hybridized carbons (Fsp3) is 0.636. The molecule has 0 fully saturated rings. The number of hydrogen-bond donors (Lipinski definition) is 3. The normalized spacial score (nSPS) is 10.8. The van der Waals surface area contributed by atoms with Gasteiger partial charge >= 0.3 is 0 Å². The Bertz CT molecular complexity index is 322. The first-order valence-electron chi connectivity index (χ1n) is 5.79. The van der Waals surface area contributed by atoms with Crippen LogP contribution in [0.3, 0.4) is 0 Å².